The number of amides is 1. The number of nitrogens with zero attached hydrogens (tertiary/aromatic N) is 1. The Balaban J connectivity index is 1.70. The van der Waals surface area contributed by atoms with E-state index in [1.165, 1.54) is 0 Å². The number of thiazole rings is 1. The minimum absolute atomic E-state index is 0.0169. The highest BCUT2D eigenvalue weighted by Gasteiger charge is 2.32. The van der Waals surface area contributed by atoms with E-state index in [1.54, 1.807) is 17.5 Å². The fraction of sp³-hybridized carbons (Fsp3) is 0.286. The summed E-state index contributed by atoms with van der Waals surface area (Å²) in [5.41, 5.74) is 4.07. The number of carbonyl (C=O) groups is 1. The van der Waals surface area contributed by atoms with E-state index in [-0.39, 0.29) is 18.0 Å². The van der Waals surface area contributed by atoms with Gasteiger partial charge in [-0.2, -0.15) is 0 Å². The number of aromatic nitrogens is 1. The number of hydrogen-bond acceptors (Lipinski definition) is 5. The van der Waals surface area contributed by atoms with Gasteiger partial charge in [0.1, 0.15) is 5.01 Å². The first-order valence-electron chi connectivity index (χ1n) is 6.67. The van der Waals surface area contributed by atoms with Crippen molar-refractivity contribution in [3.8, 4) is 0 Å². The Labute approximate surface area is 120 Å². The molecule has 6 heteroatoms. The van der Waals surface area contributed by atoms with Gasteiger partial charge in [0.15, 0.2) is 6.17 Å². The second kappa shape index (κ2) is 4.21. The van der Waals surface area contributed by atoms with Crippen LogP contribution < -0.4 is 16.0 Å². The zero-order valence-electron chi connectivity index (χ0n) is 10.9. The molecule has 2 aromatic rings. The Hall–Kier alpha value is -2.08. The molecular formula is C14H14N4OS. The van der Waals surface area contributed by atoms with Crippen molar-refractivity contribution in [1.82, 2.24) is 4.98 Å². The molecule has 0 spiro atoms. The van der Waals surface area contributed by atoms with Crippen molar-refractivity contribution >= 4 is 34.3 Å². The van der Waals surface area contributed by atoms with Crippen molar-refractivity contribution in [2.45, 2.75) is 25.4 Å². The third kappa shape index (κ3) is 1.61. The van der Waals surface area contributed by atoms with Gasteiger partial charge in [-0.25, -0.2) is 4.98 Å². The van der Waals surface area contributed by atoms with Crippen LogP contribution in [0.4, 0.5) is 17.1 Å². The molecule has 0 bridgehead atoms. The van der Waals surface area contributed by atoms with Crippen LogP contribution in [0.3, 0.4) is 0 Å². The van der Waals surface area contributed by atoms with Gasteiger partial charge >= 0.3 is 0 Å². The van der Waals surface area contributed by atoms with Crippen molar-refractivity contribution in [2.75, 3.05) is 16.0 Å². The Bertz CT molecular complexity index is 683. The van der Waals surface area contributed by atoms with Gasteiger partial charge in [0.05, 0.1) is 17.3 Å². The summed E-state index contributed by atoms with van der Waals surface area (Å²) in [6.45, 7) is 2.04. The summed E-state index contributed by atoms with van der Waals surface area (Å²) >= 11 is 1.62. The molecule has 0 saturated carbocycles. The van der Waals surface area contributed by atoms with Crippen molar-refractivity contribution in [1.29, 1.82) is 0 Å². The molecule has 2 atom stereocenters. The molecule has 2 aliphatic rings. The summed E-state index contributed by atoms with van der Waals surface area (Å²) in [6, 6.07) is 4.09. The van der Waals surface area contributed by atoms with Gasteiger partial charge in [-0.3, -0.25) is 4.79 Å². The van der Waals surface area contributed by atoms with E-state index in [0.29, 0.717) is 0 Å². The zero-order chi connectivity index (χ0) is 13.7. The number of rotatable bonds is 2. The molecule has 2 aliphatic heterocycles. The summed E-state index contributed by atoms with van der Waals surface area (Å²) < 4.78 is 0. The lowest BCUT2D eigenvalue weighted by atomic mass is 9.97. The Morgan fingerprint density at radius 3 is 2.75 bits per heavy atom. The molecule has 0 fully saturated rings. The van der Waals surface area contributed by atoms with Gasteiger partial charge in [0.25, 0.3) is 0 Å². The summed E-state index contributed by atoms with van der Waals surface area (Å²) in [4.78, 5) is 16.2. The van der Waals surface area contributed by atoms with Crippen molar-refractivity contribution in [2.24, 2.45) is 0 Å². The monoisotopic (exact) mass is 286 g/mol. The van der Waals surface area contributed by atoms with Crippen LogP contribution in [0.15, 0.2) is 23.7 Å². The first-order valence-corrected chi connectivity index (χ1v) is 7.55. The van der Waals surface area contributed by atoms with Crippen molar-refractivity contribution in [3.63, 3.8) is 0 Å². The highest BCUT2D eigenvalue weighted by Crippen LogP contribution is 2.44. The molecule has 0 saturated heterocycles. The predicted molar refractivity (Wildman–Crippen MR) is 80.2 cm³/mol. The van der Waals surface area contributed by atoms with E-state index in [1.807, 2.05) is 18.4 Å². The molecule has 102 valence electrons. The van der Waals surface area contributed by atoms with E-state index in [2.05, 4.69) is 27.0 Å². The molecule has 3 heterocycles. The largest absolute Gasteiger partial charge is 0.358 e. The van der Waals surface area contributed by atoms with E-state index in [9.17, 15) is 4.79 Å². The molecule has 1 aromatic carbocycles. The van der Waals surface area contributed by atoms with Gasteiger partial charge < -0.3 is 16.0 Å². The highest BCUT2D eigenvalue weighted by molar-refractivity contribution is 7.09. The molecule has 1 amide bonds. The van der Waals surface area contributed by atoms with Crippen LogP contribution in [0.25, 0.3) is 0 Å². The number of hydrogen-bond donors (Lipinski definition) is 3. The fourth-order valence-corrected chi connectivity index (χ4v) is 3.50. The average molecular weight is 286 g/mol. The smallest absolute Gasteiger partial charge is 0.231 e. The molecule has 0 radical (unpaired) electrons. The molecule has 2 unspecified atom stereocenters. The number of nitrogens with one attached hydrogen (secondary N) is 3. The van der Waals surface area contributed by atoms with E-state index in [4.69, 9.17) is 0 Å². The van der Waals surface area contributed by atoms with E-state index in [0.717, 1.165) is 34.1 Å². The lowest BCUT2D eigenvalue weighted by Gasteiger charge is -2.08. The van der Waals surface area contributed by atoms with E-state index < -0.39 is 0 Å². The lowest BCUT2D eigenvalue weighted by Crippen LogP contribution is -2.12. The third-order valence-electron chi connectivity index (χ3n) is 3.85. The zero-order valence-corrected chi connectivity index (χ0v) is 11.8. The number of benzene rings is 1. The van der Waals surface area contributed by atoms with Crippen LogP contribution in [0, 0.1) is 0 Å². The summed E-state index contributed by atoms with van der Waals surface area (Å²) in [5, 5.41) is 12.8. The Morgan fingerprint density at radius 2 is 2.05 bits per heavy atom. The van der Waals surface area contributed by atoms with Gasteiger partial charge in [0, 0.05) is 17.3 Å². The second-order valence-corrected chi connectivity index (χ2v) is 5.95. The van der Waals surface area contributed by atoms with Crippen LogP contribution in [0.5, 0.6) is 0 Å². The van der Waals surface area contributed by atoms with E-state index >= 15 is 0 Å². The SMILES string of the molecule is CCC1C(=O)Nc2cc3c(cc21)NC(c1nccs1)N3. The molecule has 5 nitrogen and oxygen atoms in total. The molecular weight excluding hydrogens is 272 g/mol. The van der Waals surface area contributed by atoms with Gasteiger partial charge in [-0.15, -0.1) is 11.3 Å². The van der Waals surface area contributed by atoms with Gasteiger partial charge in [-0.1, -0.05) is 6.92 Å². The van der Waals surface area contributed by atoms with Crippen LogP contribution in [-0.4, -0.2) is 10.9 Å². The summed E-state index contributed by atoms with van der Waals surface area (Å²) in [6.07, 6.45) is 2.64. The highest BCUT2D eigenvalue weighted by atomic mass is 32.1. The maximum Gasteiger partial charge on any atom is 0.231 e. The molecule has 20 heavy (non-hydrogen) atoms. The average Bonchev–Trinajstić information content (AvgIpc) is 3.12. The van der Waals surface area contributed by atoms with Crippen LogP contribution in [-0.2, 0) is 4.79 Å². The first-order chi connectivity index (χ1) is 9.76. The number of carbonyl (C=O) groups excluding carboxylic acids is 1. The third-order valence-corrected chi connectivity index (χ3v) is 4.69. The van der Waals surface area contributed by atoms with Crippen molar-refractivity contribution < 1.29 is 4.79 Å². The number of anilines is 3. The van der Waals surface area contributed by atoms with Gasteiger partial charge in [0.2, 0.25) is 5.91 Å². The Kier molecular flexibility index (Phi) is 2.47. The van der Waals surface area contributed by atoms with Crippen LogP contribution >= 0.6 is 11.3 Å². The minimum atomic E-state index is -0.0315. The summed E-state index contributed by atoms with van der Waals surface area (Å²) in [7, 11) is 0. The molecule has 4 rings (SSSR count). The second-order valence-electron chi connectivity index (χ2n) is 5.03. The lowest BCUT2D eigenvalue weighted by molar-refractivity contribution is -0.117. The molecule has 3 N–H and O–H groups in total. The Morgan fingerprint density at radius 1 is 1.25 bits per heavy atom. The quantitative estimate of drug-likeness (QED) is 0.793. The predicted octanol–water partition coefficient (Wildman–Crippen LogP) is 3.12. The standard InChI is InChI=1S/C14H14N4OS/c1-2-7-8-5-10-11(6-9(8)18-13(7)19)17-12(16-10)14-15-3-4-20-14/h3-7,12,16-17H,2H2,1H3,(H,18,19). The van der Waals surface area contributed by atoms with Crippen molar-refractivity contribution in [3.05, 3.63) is 34.3 Å². The first kappa shape index (κ1) is 11.7. The minimum Gasteiger partial charge on any atom is -0.358 e. The fourth-order valence-electron chi connectivity index (χ4n) is 2.87. The maximum atomic E-state index is 11.9. The topological polar surface area (TPSA) is 66.0 Å². The normalized spacial score (nSPS) is 22.8. The molecule has 1 aromatic heterocycles. The molecule has 0 aliphatic carbocycles. The maximum absolute atomic E-state index is 11.9. The van der Waals surface area contributed by atoms with Gasteiger partial charge in [-0.05, 0) is 24.1 Å². The van der Waals surface area contributed by atoms with Crippen LogP contribution in [0.1, 0.15) is 36.0 Å². The summed E-state index contributed by atoms with van der Waals surface area (Å²) in [5.74, 6) is 0.0682. The number of fused-ring (bicyclic) bond motifs is 2. The van der Waals surface area contributed by atoms with Crippen LogP contribution in [0.2, 0.25) is 0 Å².